The Labute approximate surface area is 143 Å². The standard InChI is InChI=1S/C20H24O4/c1-5-23-18-8-6-16(13-19(18)22-4)7-9-20(21)24-17-11-14(2)10-15(3)12-17/h6,8,10-13H,5,7,9H2,1-4H3. The smallest absolute Gasteiger partial charge is 0.311 e. The average Bonchev–Trinajstić information content (AvgIpc) is 2.53. The van der Waals surface area contributed by atoms with E-state index in [-0.39, 0.29) is 5.97 Å². The molecule has 0 aliphatic heterocycles. The van der Waals surface area contributed by atoms with E-state index in [0.717, 1.165) is 16.7 Å². The third kappa shape index (κ3) is 5.01. The summed E-state index contributed by atoms with van der Waals surface area (Å²) >= 11 is 0. The van der Waals surface area contributed by atoms with Gasteiger partial charge in [-0.05, 0) is 68.1 Å². The fraction of sp³-hybridized carbons (Fsp3) is 0.350. The first-order valence-electron chi connectivity index (χ1n) is 8.10. The van der Waals surface area contributed by atoms with Crippen molar-refractivity contribution < 1.29 is 19.0 Å². The number of ether oxygens (including phenoxy) is 3. The molecular formula is C20H24O4. The SMILES string of the molecule is CCOc1ccc(CCC(=O)Oc2cc(C)cc(C)c2)cc1OC. The van der Waals surface area contributed by atoms with Crippen LogP contribution in [0.5, 0.6) is 17.2 Å². The summed E-state index contributed by atoms with van der Waals surface area (Å²) < 4.78 is 16.2. The lowest BCUT2D eigenvalue weighted by Crippen LogP contribution is -2.09. The Balaban J connectivity index is 1.96. The van der Waals surface area contributed by atoms with Gasteiger partial charge in [0.15, 0.2) is 11.5 Å². The van der Waals surface area contributed by atoms with E-state index in [1.54, 1.807) is 7.11 Å². The summed E-state index contributed by atoms with van der Waals surface area (Å²) in [6.07, 6.45) is 0.899. The minimum absolute atomic E-state index is 0.243. The molecule has 128 valence electrons. The molecule has 0 spiro atoms. The van der Waals surface area contributed by atoms with Gasteiger partial charge in [-0.2, -0.15) is 0 Å². The first kappa shape index (κ1) is 17.9. The quantitative estimate of drug-likeness (QED) is 0.563. The van der Waals surface area contributed by atoms with Crippen LogP contribution in [0, 0.1) is 13.8 Å². The van der Waals surface area contributed by atoms with E-state index in [0.29, 0.717) is 36.7 Å². The summed E-state index contributed by atoms with van der Waals surface area (Å²) in [5, 5.41) is 0. The maximum Gasteiger partial charge on any atom is 0.311 e. The molecular weight excluding hydrogens is 304 g/mol. The Morgan fingerprint density at radius 1 is 1.00 bits per heavy atom. The van der Waals surface area contributed by atoms with E-state index < -0.39 is 0 Å². The predicted molar refractivity (Wildman–Crippen MR) is 94.0 cm³/mol. The van der Waals surface area contributed by atoms with E-state index in [9.17, 15) is 4.79 Å². The average molecular weight is 328 g/mol. The van der Waals surface area contributed by atoms with Crippen LogP contribution in [0.2, 0.25) is 0 Å². The van der Waals surface area contributed by atoms with Gasteiger partial charge in [0.2, 0.25) is 0 Å². The molecule has 0 unspecified atom stereocenters. The number of aryl methyl sites for hydroxylation is 3. The van der Waals surface area contributed by atoms with Crippen LogP contribution in [0.3, 0.4) is 0 Å². The van der Waals surface area contributed by atoms with Gasteiger partial charge in [-0.25, -0.2) is 0 Å². The Morgan fingerprint density at radius 3 is 2.33 bits per heavy atom. The molecule has 0 N–H and O–H groups in total. The third-order valence-electron chi connectivity index (χ3n) is 3.57. The third-order valence-corrected chi connectivity index (χ3v) is 3.57. The van der Waals surface area contributed by atoms with Crippen molar-refractivity contribution in [2.75, 3.05) is 13.7 Å². The molecule has 0 atom stereocenters. The van der Waals surface area contributed by atoms with Crippen molar-refractivity contribution in [3.63, 3.8) is 0 Å². The van der Waals surface area contributed by atoms with Crippen molar-refractivity contribution in [3.05, 3.63) is 53.1 Å². The van der Waals surface area contributed by atoms with Crippen LogP contribution < -0.4 is 14.2 Å². The minimum atomic E-state index is -0.243. The molecule has 0 amide bonds. The zero-order chi connectivity index (χ0) is 17.5. The molecule has 0 heterocycles. The molecule has 0 aliphatic rings. The summed E-state index contributed by atoms with van der Waals surface area (Å²) in [6.45, 7) is 6.47. The lowest BCUT2D eigenvalue weighted by atomic mass is 10.1. The van der Waals surface area contributed by atoms with Gasteiger partial charge in [0.1, 0.15) is 5.75 Å². The number of hydrogen-bond donors (Lipinski definition) is 0. The summed E-state index contributed by atoms with van der Waals surface area (Å²) in [4.78, 5) is 12.1. The highest BCUT2D eigenvalue weighted by molar-refractivity contribution is 5.72. The molecule has 2 rings (SSSR count). The first-order chi connectivity index (χ1) is 11.5. The number of hydrogen-bond acceptors (Lipinski definition) is 4. The van der Waals surface area contributed by atoms with Crippen LogP contribution in [-0.4, -0.2) is 19.7 Å². The molecule has 0 saturated heterocycles. The Bertz CT molecular complexity index is 687. The number of esters is 1. The number of methoxy groups -OCH3 is 1. The van der Waals surface area contributed by atoms with Crippen molar-refractivity contribution in [2.24, 2.45) is 0 Å². The number of carbonyl (C=O) groups excluding carboxylic acids is 1. The van der Waals surface area contributed by atoms with Crippen molar-refractivity contribution in [1.29, 1.82) is 0 Å². The molecule has 0 bridgehead atoms. The van der Waals surface area contributed by atoms with Crippen LogP contribution >= 0.6 is 0 Å². The fourth-order valence-corrected chi connectivity index (χ4v) is 2.56. The molecule has 0 aromatic heterocycles. The van der Waals surface area contributed by atoms with Crippen LogP contribution in [-0.2, 0) is 11.2 Å². The molecule has 0 aliphatic carbocycles. The van der Waals surface area contributed by atoms with Crippen LogP contribution in [0.25, 0.3) is 0 Å². The Kier molecular flexibility index (Phi) is 6.24. The molecule has 4 nitrogen and oxygen atoms in total. The van der Waals surface area contributed by atoms with E-state index >= 15 is 0 Å². The molecule has 0 radical (unpaired) electrons. The minimum Gasteiger partial charge on any atom is -0.493 e. The van der Waals surface area contributed by atoms with Gasteiger partial charge >= 0.3 is 5.97 Å². The van der Waals surface area contributed by atoms with Crippen molar-refractivity contribution >= 4 is 5.97 Å². The summed E-state index contributed by atoms with van der Waals surface area (Å²) in [7, 11) is 1.61. The fourth-order valence-electron chi connectivity index (χ4n) is 2.56. The molecule has 4 heteroatoms. The summed E-state index contributed by atoms with van der Waals surface area (Å²) in [6, 6.07) is 11.5. The van der Waals surface area contributed by atoms with Gasteiger partial charge in [-0.1, -0.05) is 12.1 Å². The van der Waals surface area contributed by atoms with E-state index in [1.807, 2.05) is 57.2 Å². The highest BCUT2D eigenvalue weighted by atomic mass is 16.5. The normalized spacial score (nSPS) is 10.3. The second kappa shape index (κ2) is 8.39. The molecule has 0 saturated carbocycles. The lowest BCUT2D eigenvalue weighted by molar-refractivity contribution is -0.134. The highest BCUT2D eigenvalue weighted by Crippen LogP contribution is 2.28. The maximum atomic E-state index is 12.1. The lowest BCUT2D eigenvalue weighted by Gasteiger charge is -2.11. The largest absolute Gasteiger partial charge is 0.493 e. The zero-order valence-corrected chi connectivity index (χ0v) is 14.7. The summed E-state index contributed by atoms with van der Waals surface area (Å²) in [5.74, 6) is 1.74. The second-order valence-corrected chi connectivity index (χ2v) is 5.72. The van der Waals surface area contributed by atoms with Gasteiger partial charge in [0.05, 0.1) is 13.7 Å². The number of benzene rings is 2. The van der Waals surface area contributed by atoms with E-state index in [1.165, 1.54) is 0 Å². The predicted octanol–water partition coefficient (Wildman–Crippen LogP) is 4.25. The van der Waals surface area contributed by atoms with Crippen LogP contribution in [0.4, 0.5) is 0 Å². The van der Waals surface area contributed by atoms with Crippen LogP contribution in [0.1, 0.15) is 30.0 Å². The zero-order valence-electron chi connectivity index (χ0n) is 14.7. The monoisotopic (exact) mass is 328 g/mol. The van der Waals surface area contributed by atoms with Crippen molar-refractivity contribution in [3.8, 4) is 17.2 Å². The van der Waals surface area contributed by atoms with Crippen molar-refractivity contribution in [1.82, 2.24) is 0 Å². The first-order valence-corrected chi connectivity index (χ1v) is 8.10. The Morgan fingerprint density at radius 2 is 1.71 bits per heavy atom. The van der Waals surface area contributed by atoms with E-state index in [4.69, 9.17) is 14.2 Å². The van der Waals surface area contributed by atoms with Gasteiger partial charge in [0, 0.05) is 6.42 Å². The van der Waals surface area contributed by atoms with Gasteiger partial charge in [-0.3, -0.25) is 4.79 Å². The highest BCUT2D eigenvalue weighted by Gasteiger charge is 2.09. The van der Waals surface area contributed by atoms with Gasteiger partial charge < -0.3 is 14.2 Å². The van der Waals surface area contributed by atoms with Gasteiger partial charge in [-0.15, -0.1) is 0 Å². The van der Waals surface area contributed by atoms with E-state index in [2.05, 4.69) is 0 Å². The molecule has 0 fully saturated rings. The van der Waals surface area contributed by atoms with Gasteiger partial charge in [0.25, 0.3) is 0 Å². The van der Waals surface area contributed by atoms with Crippen LogP contribution in [0.15, 0.2) is 36.4 Å². The maximum absolute atomic E-state index is 12.1. The second-order valence-electron chi connectivity index (χ2n) is 5.72. The van der Waals surface area contributed by atoms with Crippen molar-refractivity contribution in [2.45, 2.75) is 33.6 Å². The topological polar surface area (TPSA) is 44.8 Å². The molecule has 24 heavy (non-hydrogen) atoms. The number of carbonyl (C=O) groups is 1. The molecule has 2 aromatic carbocycles. The Hall–Kier alpha value is -2.49. The number of rotatable bonds is 7. The summed E-state index contributed by atoms with van der Waals surface area (Å²) in [5.41, 5.74) is 3.16. The molecule has 2 aromatic rings.